The zero-order valence-corrected chi connectivity index (χ0v) is 17.0. The number of carbonyl (C=O) groups excluding carboxylic acids is 2. The quantitative estimate of drug-likeness (QED) is 0.743. The van der Waals surface area contributed by atoms with E-state index in [1.165, 1.54) is 7.11 Å². The molecule has 0 radical (unpaired) electrons. The number of rotatable bonds is 7. The maximum absolute atomic E-state index is 13.2. The van der Waals surface area contributed by atoms with Gasteiger partial charge in [0, 0.05) is 25.8 Å². The van der Waals surface area contributed by atoms with Crippen LogP contribution in [0.3, 0.4) is 0 Å². The highest BCUT2D eigenvalue weighted by Crippen LogP contribution is 2.31. The molecule has 0 aliphatic carbocycles. The molecule has 0 spiro atoms. The summed E-state index contributed by atoms with van der Waals surface area (Å²) in [5.41, 5.74) is 0.350. The fourth-order valence-electron chi connectivity index (χ4n) is 3.67. The smallest absolute Gasteiger partial charge is 0.313 e. The van der Waals surface area contributed by atoms with Gasteiger partial charge in [0.25, 0.3) is 5.91 Å². The van der Waals surface area contributed by atoms with Crippen LogP contribution in [-0.2, 0) is 14.3 Å². The molecule has 28 heavy (non-hydrogen) atoms. The van der Waals surface area contributed by atoms with Gasteiger partial charge >= 0.3 is 5.97 Å². The van der Waals surface area contributed by atoms with Crippen LogP contribution >= 0.6 is 0 Å². The number of hydrogen-bond acceptors (Lipinski definition) is 4. The van der Waals surface area contributed by atoms with Gasteiger partial charge in [-0.3, -0.25) is 14.4 Å². The van der Waals surface area contributed by atoms with Crippen molar-refractivity contribution in [1.29, 1.82) is 0 Å². The van der Waals surface area contributed by atoms with Gasteiger partial charge in [-0.05, 0) is 37.8 Å². The second kappa shape index (κ2) is 9.19. The van der Waals surface area contributed by atoms with E-state index in [0.717, 1.165) is 5.56 Å². The molecular formula is C21H30N2O5. The third-order valence-corrected chi connectivity index (χ3v) is 5.26. The van der Waals surface area contributed by atoms with Gasteiger partial charge < -0.3 is 20.1 Å². The molecule has 0 saturated carbocycles. The lowest BCUT2D eigenvalue weighted by molar-refractivity contribution is -0.159. The lowest BCUT2D eigenvalue weighted by Crippen LogP contribution is -2.57. The molecule has 2 rings (SSSR count). The van der Waals surface area contributed by atoms with E-state index in [1.54, 1.807) is 23.1 Å². The van der Waals surface area contributed by atoms with Gasteiger partial charge in [-0.25, -0.2) is 0 Å². The van der Waals surface area contributed by atoms with E-state index in [-0.39, 0.29) is 30.9 Å². The maximum Gasteiger partial charge on any atom is 0.313 e. The number of carboxylic acid groups (broad SMARTS) is 1. The first kappa shape index (κ1) is 21.9. The predicted molar refractivity (Wildman–Crippen MR) is 105 cm³/mol. The van der Waals surface area contributed by atoms with Crippen molar-refractivity contribution < 1.29 is 24.2 Å². The van der Waals surface area contributed by atoms with Crippen LogP contribution in [0.4, 0.5) is 0 Å². The Labute approximate surface area is 166 Å². The maximum atomic E-state index is 13.2. The molecule has 1 aromatic carbocycles. The zero-order valence-electron chi connectivity index (χ0n) is 17.0. The third-order valence-electron chi connectivity index (χ3n) is 5.26. The highest BCUT2D eigenvalue weighted by Gasteiger charge is 2.45. The van der Waals surface area contributed by atoms with Gasteiger partial charge in [0.2, 0.25) is 5.91 Å². The number of piperidine rings is 1. The lowest BCUT2D eigenvalue weighted by Gasteiger charge is -2.41. The van der Waals surface area contributed by atoms with Crippen LogP contribution in [0.5, 0.6) is 0 Å². The van der Waals surface area contributed by atoms with Crippen LogP contribution in [0.1, 0.15) is 42.6 Å². The largest absolute Gasteiger partial charge is 0.481 e. The standard InChI is InChI=1S/C21H30N2O5/c1-14(2)17(22-18(24)16-8-5-7-15(3)11-16)19(25)23-10-6-9-21(12-23,13-28-4)20(26)27/h5,7-8,11,14,17H,6,9-10,12-13H2,1-4H3,(H,22,24)(H,26,27). The Morgan fingerprint density at radius 1 is 1.32 bits per heavy atom. The molecule has 2 atom stereocenters. The van der Waals surface area contributed by atoms with Crippen molar-refractivity contribution in [3.63, 3.8) is 0 Å². The molecule has 2 amide bonds. The fraction of sp³-hybridized carbons (Fsp3) is 0.571. The number of hydrogen-bond donors (Lipinski definition) is 2. The molecule has 2 N–H and O–H groups in total. The number of carbonyl (C=O) groups is 3. The van der Waals surface area contributed by atoms with Crippen molar-refractivity contribution in [2.45, 2.75) is 39.7 Å². The number of aliphatic carboxylic acids is 1. The SMILES string of the molecule is COCC1(C(=O)O)CCCN(C(=O)C(NC(=O)c2cccc(C)c2)C(C)C)C1. The van der Waals surface area contributed by atoms with Gasteiger partial charge in [-0.2, -0.15) is 0 Å². The number of carboxylic acids is 1. The molecule has 1 fully saturated rings. The van der Waals surface area contributed by atoms with Crippen LogP contribution in [0.15, 0.2) is 24.3 Å². The third kappa shape index (κ3) is 4.90. The van der Waals surface area contributed by atoms with E-state index >= 15 is 0 Å². The number of amides is 2. The number of nitrogens with one attached hydrogen (secondary N) is 1. The first-order chi connectivity index (χ1) is 13.2. The van der Waals surface area contributed by atoms with Gasteiger partial charge in [-0.1, -0.05) is 31.5 Å². The second-order valence-corrected chi connectivity index (χ2v) is 7.95. The van der Waals surface area contributed by atoms with E-state index in [1.807, 2.05) is 26.8 Å². The molecule has 154 valence electrons. The van der Waals surface area contributed by atoms with Crippen molar-refractivity contribution in [1.82, 2.24) is 10.2 Å². The molecule has 1 aliphatic heterocycles. The number of benzene rings is 1. The fourth-order valence-corrected chi connectivity index (χ4v) is 3.67. The molecule has 2 unspecified atom stereocenters. The van der Waals surface area contributed by atoms with E-state index in [0.29, 0.717) is 24.9 Å². The normalized spacial score (nSPS) is 20.7. The number of nitrogens with zero attached hydrogens (tertiary/aromatic N) is 1. The molecule has 7 nitrogen and oxygen atoms in total. The Morgan fingerprint density at radius 2 is 2.04 bits per heavy atom. The summed E-state index contributed by atoms with van der Waals surface area (Å²) in [4.78, 5) is 39.2. The number of methoxy groups -OCH3 is 1. The molecule has 1 heterocycles. The number of aryl methyl sites for hydroxylation is 1. The average Bonchev–Trinajstić information content (AvgIpc) is 2.65. The van der Waals surface area contributed by atoms with Gasteiger partial charge in [0.05, 0.1) is 6.61 Å². The highest BCUT2D eigenvalue weighted by atomic mass is 16.5. The molecule has 1 aliphatic rings. The molecule has 7 heteroatoms. The Kier molecular flexibility index (Phi) is 7.18. The number of likely N-dealkylation sites (tertiary alicyclic amines) is 1. The van der Waals surface area contributed by atoms with Crippen LogP contribution < -0.4 is 5.32 Å². The molecule has 1 saturated heterocycles. The molecule has 1 aromatic rings. The van der Waals surface area contributed by atoms with Crippen molar-refractivity contribution in [3.8, 4) is 0 Å². The average molecular weight is 390 g/mol. The minimum atomic E-state index is -1.11. The van der Waals surface area contributed by atoms with E-state index in [9.17, 15) is 19.5 Å². The highest BCUT2D eigenvalue weighted by molar-refractivity contribution is 5.97. The van der Waals surface area contributed by atoms with Crippen LogP contribution in [0, 0.1) is 18.3 Å². The van der Waals surface area contributed by atoms with Crippen molar-refractivity contribution in [3.05, 3.63) is 35.4 Å². The van der Waals surface area contributed by atoms with E-state index in [4.69, 9.17) is 4.74 Å². The molecule has 0 bridgehead atoms. The Morgan fingerprint density at radius 3 is 2.61 bits per heavy atom. The number of ether oxygens (including phenoxy) is 1. The summed E-state index contributed by atoms with van der Waals surface area (Å²) in [6.45, 7) is 6.23. The summed E-state index contributed by atoms with van der Waals surface area (Å²) in [6, 6.07) is 6.45. The summed E-state index contributed by atoms with van der Waals surface area (Å²) in [7, 11) is 1.46. The Hall–Kier alpha value is -2.41. The summed E-state index contributed by atoms with van der Waals surface area (Å²) in [5.74, 6) is -1.66. The second-order valence-electron chi connectivity index (χ2n) is 7.95. The van der Waals surface area contributed by atoms with Crippen LogP contribution in [0.25, 0.3) is 0 Å². The van der Waals surface area contributed by atoms with Gasteiger partial charge in [-0.15, -0.1) is 0 Å². The van der Waals surface area contributed by atoms with E-state index < -0.39 is 17.4 Å². The first-order valence-electron chi connectivity index (χ1n) is 9.59. The minimum Gasteiger partial charge on any atom is -0.481 e. The Bertz CT molecular complexity index is 729. The van der Waals surface area contributed by atoms with Gasteiger partial charge in [0.1, 0.15) is 11.5 Å². The monoisotopic (exact) mass is 390 g/mol. The summed E-state index contributed by atoms with van der Waals surface area (Å²) >= 11 is 0. The van der Waals surface area contributed by atoms with Crippen molar-refractivity contribution in [2.75, 3.05) is 26.8 Å². The summed E-state index contributed by atoms with van der Waals surface area (Å²) < 4.78 is 5.13. The molecule has 0 aromatic heterocycles. The molecular weight excluding hydrogens is 360 g/mol. The minimum absolute atomic E-state index is 0.0497. The first-order valence-corrected chi connectivity index (χ1v) is 9.59. The van der Waals surface area contributed by atoms with Crippen molar-refractivity contribution >= 4 is 17.8 Å². The van der Waals surface area contributed by atoms with Crippen LogP contribution in [-0.4, -0.2) is 60.6 Å². The zero-order chi connectivity index (χ0) is 20.9. The van der Waals surface area contributed by atoms with Crippen LogP contribution in [0.2, 0.25) is 0 Å². The Balaban J connectivity index is 2.17. The predicted octanol–water partition coefficient (Wildman–Crippen LogP) is 2.09. The summed E-state index contributed by atoms with van der Waals surface area (Å²) in [5, 5.41) is 12.5. The topological polar surface area (TPSA) is 95.9 Å². The van der Waals surface area contributed by atoms with E-state index in [2.05, 4.69) is 5.32 Å². The summed E-state index contributed by atoms with van der Waals surface area (Å²) in [6.07, 6.45) is 1.04. The lowest BCUT2D eigenvalue weighted by atomic mass is 9.80. The van der Waals surface area contributed by atoms with Gasteiger partial charge in [0.15, 0.2) is 0 Å². The van der Waals surface area contributed by atoms with Crippen molar-refractivity contribution in [2.24, 2.45) is 11.3 Å².